The topological polar surface area (TPSA) is 55.1 Å². The molecule has 0 saturated carbocycles. The van der Waals surface area contributed by atoms with Gasteiger partial charge in [-0.15, -0.1) is 0 Å². The Kier molecular flexibility index (Phi) is 4.12. The van der Waals surface area contributed by atoms with E-state index in [-0.39, 0.29) is 5.91 Å². The monoisotopic (exact) mass is 338 g/mol. The first-order valence-corrected chi connectivity index (χ1v) is 6.76. The summed E-state index contributed by atoms with van der Waals surface area (Å²) in [6, 6.07) is 10.5. The van der Waals surface area contributed by atoms with Gasteiger partial charge in [0.15, 0.2) is 0 Å². The number of hydrogen-bond acceptors (Lipinski definition) is 2. The number of benzene rings is 2. The van der Waals surface area contributed by atoms with E-state index in [0.717, 1.165) is 10.0 Å². The zero-order chi connectivity index (χ0) is 14.0. The number of anilines is 2. The highest BCUT2D eigenvalue weighted by Crippen LogP contribution is 2.24. The van der Waals surface area contributed by atoms with Crippen molar-refractivity contribution in [3.05, 3.63) is 57.0 Å². The van der Waals surface area contributed by atoms with Gasteiger partial charge in [-0.05, 0) is 48.9 Å². The summed E-state index contributed by atoms with van der Waals surface area (Å²) in [6.45, 7) is 1.93. The summed E-state index contributed by atoms with van der Waals surface area (Å²) in [7, 11) is 0. The van der Waals surface area contributed by atoms with E-state index in [4.69, 9.17) is 17.3 Å². The zero-order valence-corrected chi connectivity index (χ0v) is 12.5. The van der Waals surface area contributed by atoms with Gasteiger partial charge in [-0.3, -0.25) is 4.79 Å². The number of carbonyl (C=O) groups excluding carboxylic acids is 1. The lowest BCUT2D eigenvalue weighted by Crippen LogP contribution is -2.13. The Morgan fingerprint density at radius 2 is 2.00 bits per heavy atom. The van der Waals surface area contributed by atoms with Crippen LogP contribution in [0.2, 0.25) is 5.02 Å². The van der Waals surface area contributed by atoms with Gasteiger partial charge in [-0.25, -0.2) is 0 Å². The Balaban J connectivity index is 2.25. The minimum Gasteiger partial charge on any atom is -0.397 e. The zero-order valence-electron chi connectivity index (χ0n) is 10.2. The first kappa shape index (κ1) is 13.9. The molecule has 3 N–H and O–H groups in total. The summed E-state index contributed by atoms with van der Waals surface area (Å²) >= 11 is 9.18. The number of amides is 1. The molecule has 0 saturated heterocycles. The van der Waals surface area contributed by atoms with Gasteiger partial charge in [0, 0.05) is 15.1 Å². The van der Waals surface area contributed by atoms with Crippen LogP contribution in [0.3, 0.4) is 0 Å². The van der Waals surface area contributed by atoms with Crippen molar-refractivity contribution in [3.63, 3.8) is 0 Å². The summed E-state index contributed by atoms with van der Waals surface area (Å²) in [4.78, 5) is 12.1. The van der Waals surface area contributed by atoms with Crippen LogP contribution in [0.25, 0.3) is 0 Å². The highest BCUT2D eigenvalue weighted by atomic mass is 79.9. The molecule has 0 bridgehead atoms. The molecule has 98 valence electrons. The second-order valence-electron chi connectivity index (χ2n) is 4.20. The lowest BCUT2D eigenvalue weighted by Gasteiger charge is -2.09. The second kappa shape index (κ2) is 5.63. The molecule has 0 aliphatic carbocycles. The minimum atomic E-state index is -0.210. The van der Waals surface area contributed by atoms with Crippen molar-refractivity contribution < 1.29 is 4.79 Å². The molecule has 0 heterocycles. The van der Waals surface area contributed by atoms with Crippen LogP contribution >= 0.6 is 27.5 Å². The second-order valence-corrected chi connectivity index (χ2v) is 5.56. The number of rotatable bonds is 2. The van der Waals surface area contributed by atoms with E-state index in [1.54, 1.807) is 24.3 Å². The number of nitrogens with one attached hydrogen (secondary N) is 1. The van der Waals surface area contributed by atoms with Gasteiger partial charge < -0.3 is 11.1 Å². The van der Waals surface area contributed by atoms with E-state index in [9.17, 15) is 4.79 Å². The smallest absolute Gasteiger partial charge is 0.255 e. The van der Waals surface area contributed by atoms with Crippen LogP contribution < -0.4 is 11.1 Å². The van der Waals surface area contributed by atoms with Crippen LogP contribution in [0.15, 0.2) is 40.9 Å². The van der Waals surface area contributed by atoms with Gasteiger partial charge in [-0.2, -0.15) is 0 Å². The van der Waals surface area contributed by atoms with E-state index in [2.05, 4.69) is 21.2 Å². The summed E-state index contributed by atoms with van der Waals surface area (Å²) in [5, 5.41) is 3.30. The van der Waals surface area contributed by atoms with Crippen LogP contribution in [0.5, 0.6) is 0 Å². The molecular formula is C14H12BrClN2O. The Morgan fingerprint density at radius 3 is 2.63 bits per heavy atom. The molecule has 0 fully saturated rings. The molecule has 3 nitrogen and oxygen atoms in total. The van der Waals surface area contributed by atoms with E-state index < -0.39 is 0 Å². The molecule has 5 heteroatoms. The first-order chi connectivity index (χ1) is 8.95. The van der Waals surface area contributed by atoms with E-state index >= 15 is 0 Å². The van der Waals surface area contributed by atoms with Crippen molar-refractivity contribution in [3.8, 4) is 0 Å². The fraction of sp³-hybridized carbons (Fsp3) is 0.0714. The molecule has 2 aromatic rings. The number of aryl methyl sites for hydroxylation is 1. The molecular weight excluding hydrogens is 328 g/mol. The summed E-state index contributed by atoms with van der Waals surface area (Å²) in [6.07, 6.45) is 0. The third kappa shape index (κ3) is 3.49. The molecule has 0 radical (unpaired) electrons. The number of halogens is 2. The van der Waals surface area contributed by atoms with Crippen LogP contribution in [0.4, 0.5) is 11.4 Å². The predicted molar refractivity (Wildman–Crippen MR) is 82.7 cm³/mol. The van der Waals surface area contributed by atoms with Crippen molar-refractivity contribution in [2.24, 2.45) is 0 Å². The Hall–Kier alpha value is -1.52. The van der Waals surface area contributed by atoms with Gasteiger partial charge in [0.2, 0.25) is 0 Å². The normalized spacial score (nSPS) is 10.3. The molecule has 2 rings (SSSR count). The number of nitrogen functional groups attached to an aromatic ring is 1. The maximum atomic E-state index is 12.1. The van der Waals surface area contributed by atoms with Crippen LogP contribution in [0.1, 0.15) is 15.9 Å². The van der Waals surface area contributed by atoms with E-state index in [1.807, 2.05) is 19.1 Å². The maximum absolute atomic E-state index is 12.1. The summed E-state index contributed by atoms with van der Waals surface area (Å²) in [5.41, 5.74) is 8.36. The largest absolute Gasteiger partial charge is 0.397 e. The third-order valence-corrected chi connectivity index (χ3v) is 3.26. The lowest BCUT2D eigenvalue weighted by molar-refractivity contribution is 0.102. The third-order valence-electron chi connectivity index (χ3n) is 2.57. The predicted octanol–water partition coefficient (Wildman–Crippen LogP) is 4.25. The van der Waals surface area contributed by atoms with Crippen LogP contribution in [0, 0.1) is 6.92 Å². The van der Waals surface area contributed by atoms with Crippen molar-refractivity contribution in [1.29, 1.82) is 0 Å². The highest BCUT2D eigenvalue weighted by molar-refractivity contribution is 9.10. The van der Waals surface area contributed by atoms with Gasteiger partial charge >= 0.3 is 0 Å². The Morgan fingerprint density at radius 1 is 1.26 bits per heavy atom. The molecule has 2 aromatic carbocycles. The number of nitrogens with two attached hydrogens (primary N) is 1. The van der Waals surface area contributed by atoms with Crippen molar-refractivity contribution in [2.45, 2.75) is 6.92 Å². The number of hydrogen-bond donors (Lipinski definition) is 2. The summed E-state index contributed by atoms with van der Waals surface area (Å²) < 4.78 is 0.863. The molecule has 0 unspecified atom stereocenters. The molecule has 0 aromatic heterocycles. The van der Waals surface area contributed by atoms with Crippen LogP contribution in [-0.4, -0.2) is 5.91 Å². The van der Waals surface area contributed by atoms with E-state index in [1.165, 1.54) is 0 Å². The van der Waals surface area contributed by atoms with Gasteiger partial charge in [-0.1, -0.05) is 27.5 Å². The molecule has 0 aliphatic rings. The van der Waals surface area contributed by atoms with Gasteiger partial charge in [0.05, 0.1) is 11.4 Å². The highest BCUT2D eigenvalue weighted by Gasteiger charge is 2.09. The molecule has 0 aliphatic heterocycles. The fourth-order valence-electron chi connectivity index (χ4n) is 1.71. The Bertz CT molecular complexity index is 623. The van der Waals surface area contributed by atoms with Crippen molar-refractivity contribution >= 4 is 44.8 Å². The number of carbonyl (C=O) groups is 1. The Labute approximate surface area is 124 Å². The standard InChI is InChI=1S/C14H12BrClN2O/c1-8-4-9(6-10(15)5-8)14(19)18-13-3-2-11(16)7-12(13)17/h2-7H,17H2,1H3,(H,18,19). The molecule has 0 spiro atoms. The first-order valence-electron chi connectivity index (χ1n) is 5.59. The SMILES string of the molecule is Cc1cc(Br)cc(C(=O)Nc2ccc(Cl)cc2N)c1. The molecule has 19 heavy (non-hydrogen) atoms. The fourth-order valence-corrected chi connectivity index (χ4v) is 2.50. The molecule has 1 amide bonds. The van der Waals surface area contributed by atoms with Gasteiger partial charge in [0.25, 0.3) is 5.91 Å². The average Bonchev–Trinajstić information content (AvgIpc) is 2.31. The quantitative estimate of drug-likeness (QED) is 0.804. The average molecular weight is 340 g/mol. The maximum Gasteiger partial charge on any atom is 0.255 e. The minimum absolute atomic E-state index is 0.210. The van der Waals surface area contributed by atoms with Crippen molar-refractivity contribution in [1.82, 2.24) is 0 Å². The van der Waals surface area contributed by atoms with Crippen molar-refractivity contribution in [2.75, 3.05) is 11.1 Å². The van der Waals surface area contributed by atoms with Gasteiger partial charge in [0.1, 0.15) is 0 Å². The lowest BCUT2D eigenvalue weighted by atomic mass is 10.1. The van der Waals surface area contributed by atoms with Crippen LogP contribution in [-0.2, 0) is 0 Å². The molecule has 0 atom stereocenters. The summed E-state index contributed by atoms with van der Waals surface area (Å²) in [5.74, 6) is -0.210. The van der Waals surface area contributed by atoms with E-state index in [0.29, 0.717) is 22.0 Å².